The van der Waals surface area contributed by atoms with Crippen LogP contribution in [-0.2, 0) is 5.88 Å². The highest BCUT2D eigenvalue weighted by atomic mass is 79.9. The number of rotatable bonds is 2. The lowest BCUT2D eigenvalue weighted by Crippen LogP contribution is -2.03. The maximum absolute atomic E-state index is 5.80. The zero-order valence-corrected chi connectivity index (χ0v) is 10.5. The van der Waals surface area contributed by atoms with Crippen LogP contribution in [0, 0.1) is 6.92 Å². The molecular weight excluding hydrogens is 277 g/mol. The summed E-state index contributed by atoms with van der Waals surface area (Å²) in [6, 6.07) is 5.95. The van der Waals surface area contributed by atoms with Gasteiger partial charge in [0.05, 0.1) is 23.5 Å². The Hall–Kier alpha value is -0.870. The molecule has 0 unspecified atom stereocenters. The van der Waals surface area contributed by atoms with E-state index in [1.54, 1.807) is 10.9 Å². The van der Waals surface area contributed by atoms with Crippen molar-refractivity contribution in [1.29, 1.82) is 0 Å². The highest BCUT2D eigenvalue weighted by Crippen LogP contribution is 2.23. The standard InChI is InChI=1S/C10H9BrClN3/c1-7-9(11)3-2-4-10(7)15-8(5-12)6-13-14-15/h2-4,6H,5H2,1H3. The van der Waals surface area contributed by atoms with Gasteiger partial charge in [-0.25, -0.2) is 4.68 Å². The molecule has 0 radical (unpaired) electrons. The summed E-state index contributed by atoms with van der Waals surface area (Å²) >= 11 is 9.29. The molecule has 3 nitrogen and oxygen atoms in total. The molecule has 0 spiro atoms. The third kappa shape index (κ3) is 1.92. The van der Waals surface area contributed by atoms with Crippen LogP contribution in [0.1, 0.15) is 11.3 Å². The van der Waals surface area contributed by atoms with E-state index >= 15 is 0 Å². The summed E-state index contributed by atoms with van der Waals surface area (Å²) in [5.41, 5.74) is 3.00. The lowest BCUT2D eigenvalue weighted by molar-refractivity contribution is 0.776. The highest BCUT2D eigenvalue weighted by Gasteiger charge is 2.08. The van der Waals surface area contributed by atoms with E-state index in [9.17, 15) is 0 Å². The summed E-state index contributed by atoms with van der Waals surface area (Å²) in [7, 11) is 0. The Balaban J connectivity index is 2.59. The molecule has 0 N–H and O–H groups in total. The molecule has 2 rings (SSSR count). The first-order valence-corrected chi connectivity index (χ1v) is 5.78. The van der Waals surface area contributed by atoms with E-state index in [2.05, 4.69) is 26.2 Å². The van der Waals surface area contributed by atoms with Gasteiger partial charge in [0.15, 0.2) is 0 Å². The maximum atomic E-state index is 5.80. The summed E-state index contributed by atoms with van der Waals surface area (Å²) in [6.07, 6.45) is 1.67. The van der Waals surface area contributed by atoms with Crippen molar-refractivity contribution in [3.05, 3.63) is 40.1 Å². The summed E-state index contributed by atoms with van der Waals surface area (Å²) in [5, 5.41) is 7.87. The molecule has 0 saturated heterocycles. The third-order valence-electron chi connectivity index (χ3n) is 2.22. The van der Waals surface area contributed by atoms with Crippen molar-refractivity contribution in [1.82, 2.24) is 15.0 Å². The molecule has 0 fully saturated rings. The van der Waals surface area contributed by atoms with Gasteiger partial charge in [0, 0.05) is 4.47 Å². The molecule has 15 heavy (non-hydrogen) atoms. The molecule has 0 amide bonds. The van der Waals surface area contributed by atoms with Crippen LogP contribution >= 0.6 is 27.5 Å². The van der Waals surface area contributed by atoms with Crippen LogP contribution in [0.5, 0.6) is 0 Å². The zero-order chi connectivity index (χ0) is 10.8. The molecule has 1 aromatic carbocycles. The van der Waals surface area contributed by atoms with Gasteiger partial charge in [-0.1, -0.05) is 27.2 Å². The molecule has 0 bridgehead atoms. The Kier molecular flexibility index (Phi) is 3.07. The van der Waals surface area contributed by atoms with Crippen LogP contribution in [-0.4, -0.2) is 15.0 Å². The molecule has 0 aliphatic rings. The summed E-state index contributed by atoms with van der Waals surface area (Å²) in [4.78, 5) is 0. The summed E-state index contributed by atoms with van der Waals surface area (Å²) < 4.78 is 2.81. The van der Waals surface area contributed by atoms with Gasteiger partial charge in [-0.15, -0.1) is 16.7 Å². The Morgan fingerprint density at radius 2 is 2.27 bits per heavy atom. The first-order chi connectivity index (χ1) is 7.24. The Bertz CT molecular complexity index is 481. The van der Waals surface area contributed by atoms with Crippen molar-refractivity contribution in [3.8, 4) is 5.69 Å². The van der Waals surface area contributed by atoms with Gasteiger partial charge >= 0.3 is 0 Å². The minimum absolute atomic E-state index is 0.402. The van der Waals surface area contributed by atoms with Crippen LogP contribution in [0.2, 0.25) is 0 Å². The van der Waals surface area contributed by atoms with Crippen molar-refractivity contribution in [2.45, 2.75) is 12.8 Å². The number of benzene rings is 1. The van der Waals surface area contributed by atoms with E-state index in [0.717, 1.165) is 21.4 Å². The van der Waals surface area contributed by atoms with E-state index in [0.29, 0.717) is 5.88 Å². The SMILES string of the molecule is Cc1c(Br)cccc1-n1nncc1CCl. The predicted octanol–water partition coefficient (Wildman–Crippen LogP) is 3.08. The minimum atomic E-state index is 0.402. The normalized spacial score (nSPS) is 10.6. The van der Waals surface area contributed by atoms with Crippen molar-refractivity contribution in [2.24, 2.45) is 0 Å². The van der Waals surface area contributed by atoms with Crippen molar-refractivity contribution >= 4 is 27.5 Å². The molecule has 1 heterocycles. The zero-order valence-electron chi connectivity index (χ0n) is 8.11. The topological polar surface area (TPSA) is 30.7 Å². The average molecular weight is 287 g/mol. The molecular formula is C10H9BrClN3. The fraction of sp³-hybridized carbons (Fsp3) is 0.200. The van der Waals surface area contributed by atoms with Gasteiger partial charge < -0.3 is 0 Å². The van der Waals surface area contributed by atoms with Gasteiger partial charge in [0.25, 0.3) is 0 Å². The number of aromatic nitrogens is 3. The molecule has 0 saturated carbocycles. The molecule has 0 atom stereocenters. The first-order valence-electron chi connectivity index (χ1n) is 4.45. The third-order valence-corrected chi connectivity index (χ3v) is 3.36. The quantitative estimate of drug-likeness (QED) is 0.794. The highest BCUT2D eigenvalue weighted by molar-refractivity contribution is 9.10. The van der Waals surface area contributed by atoms with Crippen LogP contribution in [0.4, 0.5) is 0 Å². The molecule has 1 aromatic heterocycles. The van der Waals surface area contributed by atoms with Gasteiger partial charge in [-0.3, -0.25) is 0 Å². The number of hydrogen-bond donors (Lipinski definition) is 0. The van der Waals surface area contributed by atoms with Crippen molar-refractivity contribution in [2.75, 3.05) is 0 Å². The summed E-state index contributed by atoms with van der Waals surface area (Å²) in [5.74, 6) is 0.402. The number of alkyl halides is 1. The Morgan fingerprint density at radius 3 is 3.00 bits per heavy atom. The second-order valence-corrected chi connectivity index (χ2v) is 4.28. The lowest BCUT2D eigenvalue weighted by Gasteiger charge is -2.08. The van der Waals surface area contributed by atoms with E-state index in [4.69, 9.17) is 11.6 Å². The van der Waals surface area contributed by atoms with Crippen LogP contribution in [0.15, 0.2) is 28.9 Å². The fourth-order valence-electron chi connectivity index (χ4n) is 1.38. The van der Waals surface area contributed by atoms with Gasteiger partial charge in [0.2, 0.25) is 0 Å². The van der Waals surface area contributed by atoms with Crippen LogP contribution in [0.25, 0.3) is 5.69 Å². The average Bonchev–Trinajstić information content (AvgIpc) is 2.70. The summed E-state index contributed by atoms with van der Waals surface area (Å²) in [6.45, 7) is 2.03. The maximum Gasteiger partial charge on any atom is 0.0793 e. The lowest BCUT2D eigenvalue weighted by atomic mass is 10.2. The van der Waals surface area contributed by atoms with Crippen molar-refractivity contribution < 1.29 is 0 Å². The van der Waals surface area contributed by atoms with Crippen LogP contribution < -0.4 is 0 Å². The van der Waals surface area contributed by atoms with E-state index in [-0.39, 0.29) is 0 Å². The van der Waals surface area contributed by atoms with E-state index in [1.807, 2.05) is 25.1 Å². The molecule has 0 aliphatic carbocycles. The number of nitrogens with zero attached hydrogens (tertiary/aromatic N) is 3. The van der Waals surface area contributed by atoms with E-state index in [1.165, 1.54) is 0 Å². The van der Waals surface area contributed by atoms with Gasteiger partial charge in [-0.05, 0) is 24.6 Å². The predicted molar refractivity (Wildman–Crippen MR) is 63.4 cm³/mol. The van der Waals surface area contributed by atoms with Crippen LogP contribution in [0.3, 0.4) is 0 Å². The number of halogens is 2. The smallest absolute Gasteiger partial charge is 0.0793 e. The molecule has 2 aromatic rings. The Morgan fingerprint density at radius 1 is 1.47 bits per heavy atom. The van der Waals surface area contributed by atoms with Gasteiger partial charge in [-0.2, -0.15) is 0 Å². The van der Waals surface area contributed by atoms with Crippen molar-refractivity contribution in [3.63, 3.8) is 0 Å². The Labute approximate surface area is 101 Å². The van der Waals surface area contributed by atoms with Gasteiger partial charge in [0.1, 0.15) is 0 Å². The second-order valence-electron chi connectivity index (χ2n) is 3.15. The molecule has 78 valence electrons. The monoisotopic (exact) mass is 285 g/mol. The fourth-order valence-corrected chi connectivity index (χ4v) is 1.91. The largest absolute Gasteiger partial charge is 0.216 e. The van der Waals surface area contributed by atoms with E-state index < -0.39 is 0 Å². The molecule has 5 heteroatoms. The number of hydrogen-bond acceptors (Lipinski definition) is 2. The first kappa shape index (κ1) is 10.6. The minimum Gasteiger partial charge on any atom is -0.216 e. The second kappa shape index (κ2) is 4.33. The molecule has 0 aliphatic heterocycles.